The molecule has 23 heavy (non-hydrogen) atoms. The Morgan fingerprint density at radius 2 is 2.09 bits per heavy atom. The van der Waals surface area contributed by atoms with Crippen LogP contribution in [0.5, 0.6) is 0 Å². The molecule has 0 saturated heterocycles. The quantitative estimate of drug-likeness (QED) is 0.590. The van der Waals surface area contributed by atoms with Crippen LogP contribution in [-0.2, 0) is 0 Å². The van der Waals surface area contributed by atoms with Crippen LogP contribution in [0.2, 0.25) is 0 Å². The summed E-state index contributed by atoms with van der Waals surface area (Å²) in [6.07, 6.45) is 1.90. The van der Waals surface area contributed by atoms with Gasteiger partial charge < -0.3 is 10.7 Å². The summed E-state index contributed by atoms with van der Waals surface area (Å²) in [7, 11) is 0. The molecular weight excluding hydrogens is 308 g/mol. The van der Waals surface area contributed by atoms with Gasteiger partial charge in [0.05, 0.1) is 5.69 Å². The van der Waals surface area contributed by atoms with Crippen LogP contribution in [-0.4, -0.2) is 20.2 Å². The van der Waals surface area contributed by atoms with Gasteiger partial charge in [0.25, 0.3) is 0 Å². The summed E-state index contributed by atoms with van der Waals surface area (Å²) in [5.74, 6) is 0. The predicted octanol–water partition coefficient (Wildman–Crippen LogP) is 3.20. The number of hydrogen-bond acceptors (Lipinski definition) is 6. The number of aromatic nitrogens is 4. The number of rotatable bonds is 2. The molecule has 0 atom stereocenters. The molecule has 1 aromatic carbocycles. The van der Waals surface area contributed by atoms with Gasteiger partial charge in [-0.15, -0.1) is 10.2 Å². The zero-order valence-corrected chi connectivity index (χ0v) is 12.6. The van der Waals surface area contributed by atoms with E-state index in [0.717, 1.165) is 32.7 Å². The summed E-state index contributed by atoms with van der Waals surface area (Å²) in [6, 6.07) is 13.5. The van der Waals surface area contributed by atoms with Crippen molar-refractivity contribution >= 4 is 27.4 Å². The molecule has 3 N–H and O–H groups in total. The molecule has 6 nitrogen and oxygen atoms in total. The van der Waals surface area contributed by atoms with Crippen LogP contribution in [0.15, 0.2) is 42.6 Å². The molecule has 0 spiro atoms. The molecule has 0 amide bonds. The zero-order valence-electron chi connectivity index (χ0n) is 11.8. The molecule has 4 aromatic rings. The lowest BCUT2D eigenvalue weighted by Gasteiger charge is -2.01. The smallest absolute Gasteiger partial charge is 0.203 e. The van der Waals surface area contributed by atoms with E-state index in [1.807, 2.05) is 36.5 Å². The summed E-state index contributed by atoms with van der Waals surface area (Å²) < 4.78 is 0. The largest absolute Gasteiger partial charge is 0.374 e. The van der Waals surface area contributed by atoms with E-state index >= 15 is 0 Å². The number of benzene rings is 1. The number of nitrogens with zero attached hydrogens (tertiary/aromatic N) is 4. The lowest BCUT2D eigenvalue weighted by atomic mass is 10.1. The Morgan fingerprint density at radius 1 is 1.17 bits per heavy atom. The minimum absolute atomic E-state index is 0.393. The number of anilines is 1. The third-order valence-electron chi connectivity index (χ3n) is 3.51. The molecule has 7 heteroatoms. The number of nitrogen functional groups attached to an aromatic ring is 1. The maximum absolute atomic E-state index is 9.02. The van der Waals surface area contributed by atoms with Crippen LogP contribution in [0.25, 0.3) is 32.7 Å². The van der Waals surface area contributed by atoms with Crippen molar-refractivity contribution in [3.63, 3.8) is 0 Å². The highest BCUT2D eigenvalue weighted by atomic mass is 32.1. The topological polar surface area (TPSA) is 104 Å². The number of pyridine rings is 1. The highest BCUT2D eigenvalue weighted by molar-refractivity contribution is 7.18. The first-order valence-corrected chi connectivity index (χ1v) is 7.64. The fourth-order valence-corrected chi connectivity index (χ4v) is 3.07. The maximum Gasteiger partial charge on any atom is 0.203 e. The van der Waals surface area contributed by atoms with E-state index in [4.69, 9.17) is 11.0 Å². The minimum atomic E-state index is 0.393. The van der Waals surface area contributed by atoms with E-state index in [0.29, 0.717) is 10.8 Å². The Balaban J connectivity index is 1.89. The van der Waals surface area contributed by atoms with Gasteiger partial charge >= 0.3 is 0 Å². The average molecular weight is 318 g/mol. The summed E-state index contributed by atoms with van der Waals surface area (Å²) in [5, 5.41) is 19.2. The third-order valence-corrected chi connectivity index (χ3v) is 4.31. The number of fused-ring (bicyclic) bond motifs is 1. The van der Waals surface area contributed by atoms with Crippen molar-refractivity contribution in [1.29, 1.82) is 5.26 Å². The average Bonchev–Trinajstić information content (AvgIpc) is 3.20. The molecule has 3 heterocycles. The van der Waals surface area contributed by atoms with Gasteiger partial charge in [0.1, 0.15) is 16.8 Å². The fourth-order valence-electron chi connectivity index (χ4n) is 2.46. The van der Waals surface area contributed by atoms with Gasteiger partial charge in [-0.1, -0.05) is 17.4 Å². The normalized spacial score (nSPS) is 10.7. The number of nitrogens with one attached hydrogen (secondary N) is 1. The van der Waals surface area contributed by atoms with Crippen LogP contribution < -0.4 is 5.73 Å². The molecule has 0 unspecified atom stereocenters. The van der Waals surface area contributed by atoms with Gasteiger partial charge in [-0.2, -0.15) is 5.26 Å². The number of H-pyrrole nitrogens is 1. The molecule has 110 valence electrons. The van der Waals surface area contributed by atoms with Crippen molar-refractivity contribution in [2.24, 2.45) is 0 Å². The Bertz CT molecular complexity index is 1060. The second kappa shape index (κ2) is 5.19. The molecule has 0 radical (unpaired) electrons. The van der Waals surface area contributed by atoms with Crippen molar-refractivity contribution in [2.75, 3.05) is 5.73 Å². The number of hydrogen-bond donors (Lipinski definition) is 2. The minimum Gasteiger partial charge on any atom is -0.374 e. The standard InChI is InChI=1S/C16H10N6S/c17-7-10-2-1-3-14(20-10)12-8-19-13-5-4-9(6-11(12)13)15-21-22-16(18)23-15/h1-6,8,19H,(H2,18,22). The van der Waals surface area contributed by atoms with E-state index in [1.165, 1.54) is 11.3 Å². The van der Waals surface area contributed by atoms with Crippen LogP contribution in [0.3, 0.4) is 0 Å². The lowest BCUT2D eigenvalue weighted by Crippen LogP contribution is -1.86. The van der Waals surface area contributed by atoms with E-state index in [9.17, 15) is 0 Å². The number of nitriles is 1. The fraction of sp³-hybridized carbons (Fsp3) is 0. The van der Waals surface area contributed by atoms with Crippen LogP contribution in [0.1, 0.15) is 5.69 Å². The molecular formula is C16H10N6S. The molecule has 0 aliphatic carbocycles. The second-order valence-electron chi connectivity index (χ2n) is 4.93. The first kappa shape index (κ1) is 13.4. The Hall–Kier alpha value is -3.24. The molecule has 0 aliphatic heterocycles. The number of nitrogens with two attached hydrogens (primary N) is 1. The first-order chi connectivity index (χ1) is 11.2. The summed E-state index contributed by atoms with van der Waals surface area (Å²) in [4.78, 5) is 7.59. The van der Waals surface area contributed by atoms with Crippen molar-refractivity contribution in [1.82, 2.24) is 20.2 Å². The SMILES string of the molecule is N#Cc1cccc(-c2c[nH]c3ccc(-c4nnc(N)s4)cc23)n1. The highest BCUT2D eigenvalue weighted by Crippen LogP contribution is 2.32. The Kier molecular flexibility index (Phi) is 3.03. The van der Waals surface area contributed by atoms with E-state index in [1.54, 1.807) is 6.07 Å². The van der Waals surface area contributed by atoms with E-state index in [-0.39, 0.29) is 0 Å². The van der Waals surface area contributed by atoms with Crippen LogP contribution >= 0.6 is 11.3 Å². The van der Waals surface area contributed by atoms with E-state index < -0.39 is 0 Å². The summed E-state index contributed by atoms with van der Waals surface area (Å²) in [6.45, 7) is 0. The van der Waals surface area contributed by atoms with Gasteiger partial charge in [0, 0.05) is 28.2 Å². The van der Waals surface area contributed by atoms with Gasteiger partial charge in [-0.05, 0) is 30.3 Å². The molecule has 4 rings (SSSR count). The molecule has 0 fully saturated rings. The van der Waals surface area contributed by atoms with Crippen molar-refractivity contribution in [3.8, 4) is 27.9 Å². The lowest BCUT2D eigenvalue weighted by molar-refractivity contribution is 1.10. The van der Waals surface area contributed by atoms with Gasteiger partial charge in [-0.3, -0.25) is 0 Å². The third kappa shape index (κ3) is 2.31. The van der Waals surface area contributed by atoms with Crippen molar-refractivity contribution in [2.45, 2.75) is 0 Å². The molecule has 0 aliphatic rings. The van der Waals surface area contributed by atoms with Crippen LogP contribution in [0, 0.1) is 11.3 Å². The van der Waals surface area contributed by atoms with Gasteiger partial charge in [0.15, 0.2) is 0 Å². The Labute approximate surface area is 135 Å². The molecule has 0 saturated carbocycles. The summed E-state index contributed by atoms with van der Waals surface area (Å²) in [5.41, 5.74) is 9.69. The number of aromatic amines is 1. The Morgan fingerprint density at radius 3 is 2.87 bits per heavy atom. The molecule has 0 bridgehead atoms. The van der Waals surface area contributed by atoms with Crippen LogP contribution in [0.4, 0.5) is 5.13 Å². The summed E-state index contributed by atoms with van der Waals surface area (Å²) >= 11 is 1.35. The van der Waals surface area contributed by atoms with E-state index in [2.05, 4.69) is 26.2 Å². The monoisotopic (exact) mass is 318 g/mol. The van der Waals surface area contributed by atoms with Crippen molar-refractivity contribution in [3.05, 3.63) is 48.3 Å². The van der Waals surface area contributed by atoms with Gasteiger partial charge in [-0.25, -0.2) is 4.98 Å². The van der Waals surface area contributed by atoms with Gasteiger partial charge in [0.2, 0.25) is 5.13 Å². The maximum atomic E-state index is 9.02. The second-order valence-corrected chi connectivity index (χ2v) is 5.94. The van der Waals surface area contributed by atoms with Crippen molar-refractivity contribution < 1.29 is 0 Å². The molecule has 3 aromatic heterocycles. The first-order valence-electron chi connectivity index (χ1n) is 6.82. The highest BCUT2D eigenvalue weighted by Gasteiger charge is 2.11. The zero-order chi connectivity index (χ0) is 15.8. The predicted molar refractivity (Wildman–Crippen MR) is 89.6 cm³/mol.